The molecule has 30 heavy (non-hydrogen) atoms. The summed E-state index contributed by atoms with van der Waals surface area (Å²) in [6.45, 7) is 6.76. The fourth-order valence-electron chi connectivity index (χ4n) is 3.75. The number of hydrogen-bond acceptors (Lipinski definition) is 5. The molecule has 8 nitrogen and oxygen atoms in total. The Morgan fingerprint density at radius 3 is 2.37 bits per heavy atom. The summed E-state index contributed by atoms with van der Waals surface area (Å²) in [5, 5.41) is 11.6. The number of benzene rings is 1. The predicted octanol–water partition coefficient (Wildman–Crippen LogP) is 2.01. The molecule has 0 aliphatic carbocycles. The summed E-state index contributed by atoms with van der Waals surface area (Å²) < 4.78 is 14.8. The fraction of sp³-hybridized carbons (Fsp3) is 0.571. The largest absolute Gasteiger partial charge is 0.343 e. The van der Waals surface area contributed by atoms with Gasteiger partial charge < -0.3 is 9.80 Å². The van der Waals surface area contributed by atoms with Gasteiger partial charge in [0.2, 0.25) is 11.8 Å². The van der Waals surface area contributed by atoms with E-state index in [0.717, 1.165) is 5.56 Å². The number of aryl methyl sites for hydroxylation is 1. The van der Waals surface area contributed by atoms with Crippen LogP contribution in [0.1, 0.15) is 44.1 Å². The number of likely N-dealkylation sites (tertiary alicyclic amines) is 1. The van der Waals surface area contributed by atoms with E-state index in [-0.39, 0.29) is 29.6 Å². The van der Waals surface area contributed by atoms with Gasteiger partial charge in [-0.3, -0.25) is 9.59 Å². The van der Waals surface area contributed by atoms with Crippen LogP contribution in [-0.2, 0) is 16.0 Å². The Morgan fingerprint density at radius 2 is 1.83 bits per heavy atom. The van der Waals surface area contributed by atoms with Crippen molar-refractivity contribution in [1.82, 2.24) is 30.0 Å². The summed E-state index contributed by atoms with van der Waals surface area (Å²) in [5.41, 5.74) is 0.827. The second-order valence-electron chi connectivity index (χ2n) is 8.16. The molecule has 3 rings (SSSR count). The molecule has 1 atom stereocenters. The molecule has 1 aliphatic rings. The first-order valence-corrected chi connectivity index (χ1v) is 10.3. The Balaban J connectivity index is 1.72. The Bertz CT molecular complexity index is 874. The quantitative estimate of drug-likeness (QED) is 0.719. The first kappa shape index (κ1) is 21.9. The second-order valence-corrected chi connectivity index (χ2v) is 8.16. The molecule has 1 aromatic carbocycles. The zero-order chi connectivity index (χ0) is 21.8. The van der Waals surface area contributed by atoms with E-state index in [2.05, 4.69) is 15.5 Å². The van der Waals surface area contributed by atoms with Crippen molar-refractivity contribution in [2.24, 2.45) is 5.92 Å². The Hall–Kier alpha value is -2.84. The lowest BCUT2D eigenvalue weighted by atomic mass is 9.94. The van der Waals surface area contributed by atoms with Crippen molar-refractivity contribution in [2.75, 3.05) is 20.1 Å². The molecule has 0 saturated carbocycles. The highest BCUT2D eigenvalue weighted by Crippen LogP contribution is 2.24. The van der Waals surface area contributed by atoms with Crippen molar-refractivity contribution in [3.8, 4) is 0 Å². The van der Waals surface area contributed by atoms with Crippen LogP contribution in [0.15, 0.2) is 24.3 Å². The number of aromatic nitrogens is 4. The minimum Gasteiger partial charge on any atom is -0.343 e. The van der Waals surface area contributed by atoms with Gasteiger partial charge in [-0.25, -0.2) is 9.07 Å². The van der Waals surface area contributed by atoms with Gasteiger partial charge in [0, 0.05) is 38.5 Å². The molecular formula is C21H29FN6O2. The number of halogens is 1. The van der Waals surface area contributed by atoms with Crippen molar-refractivity contribution < 1.29 is 14.0 Å². The van der Waals surface area contributed by atoms with Gasteiger partial charge in [-0.2, -0.15) is 0 Å². The average Bonchev–Trinajstić information content (AvgIpc) is 3.17. The van der Waals surface area contributed by atoms with Crippen LogP contribution in [0.2, 0.25) is 0 Å². The standard InChI is InChI=1S/C21H29FN6O2/c1-14(2)26(4)20(29)17-9-11-27(12-10-17)21(30)19(28-15(3)23-24-25-28)13-16-5-7-18(22)8-6-16/h5-8,14,17,19H,9-13H2,1-4H3. The molecule has 162 valence electrons. The molecule has 2 heterocycles. The third-order valence-electron chi connectivity index (χ3n) is 5.86. The number of hydrogen-bond donors (Lipinski definition) is 0. The lowest BCUT2D eigenvalue weighted by molar-refractivity contribution is -0.142. The van der Waals surface area contributed by atoms with Crippen LogP contribution in [0.5, 0.6) is 0 Å². The van der Waals surface area contributed by atoms with Gasteiger partial charge in [-0.1, -0.05) is 12.1 Å². The second kappa shape index (κ2) is 9.32. The van der Waals surface area contributed by atoms with Gasteiger partial charge in [-0.05, 0) is 61.7 Å². The molecule has 1 aliphatic heterocycles. The van der Waals surface area contributed by atoms with Gasteiger partial charge in [0.15, 0.2) is 0 Å². The predicted molar refractivity (Wildman–Crippen MR) is 109 cm³/mol. The Kier molecular flexibility index (Phi) is 6.79. The minimum atomic E-state index is -0.615. The minimum absolute atomic E-state index is 0.0632. The number of carbonyl (C=O) groups excluding carboxylic acids is 2. The van der Waals surface area contributed by atoms with Gasteiger partial charge in [-0.15, -0.1) is 5.10 Å². The molecule has 0 spiro atoms. The van der Waals surface area contributed by atoms with Crippen molar-refractivity contribution in [3.63, 3.8) is 0 Å². The van der Waals surface area contributed by atoms with Crippen LogP contribution in [0.4, 0.5) is 4.39 Å². The summed E-state index contributed by atoms with van der Waals surface area (Å²) in [6, 6.07) is 5.64. The fourth-order valence-corrected chi connectivity index (χ4v) is 3.75. The summed E-state index contributed by atoms with van der Waals surface area (Å²) >= 11 is 0. The highest BCUT2D eigenvalue weighted by atomic mass is 19.1. The number of amides is 2. The van der Waals surface area contributed by atoms with Crippen molar-refractivity contribution in [1.29, 1.82) is 0 Å². The molecule has 0 bridgehead atoms. The molecular weight excluding hydrogens is 387 g/mol. The lowest BCUT2D eigenvalue weighted by Crippen LogP contribution is -2.47. The molecule has 2 aromatic rings. The summed E-state index contributed by atoms with van der Waals surface area (Å²) in [4.78, 5) is 29.5. The van der Waals surface area contributed by atoms with Crippen LogP contribution >= 0.6 is 0 Å². The van der Waals surface area contributed by atoms with Gasteiger partial charge in [0.25, 0.3) is 0 Å². The molecule has 1 aromatic heterocycles. The number of piperidine rings is 1. The number of carbonyl (C=O) groups is 2. The van der Waals surface area contributed by atoms with Crippen LogP contribution in [0.25, 0.3) is 0 Å². The first-order chi connectivity index (χ1) is 14.3. The monoisotopic (exact) mass is 416 g/mol. The molecule has 1 saturated heterocycles. The molecule has 0 radical (unpaired) electrons. The van der Waals surface area contributed by atoms with E-state index in [1.54, 1.807) is 28.9 Å². The van der Waals surface area contributed by atoms with Gasteiger partial charge in [0.1, 0.15) is 17.7 Å². The SMILES string of the molecule is Cc1nnnn1C(Cc1ccc(F)cc1)C(=O)N1CCC(C(=O)N(C)C(C)C)CC1. The van der Waals surface area contributed by atoms with Gasteiger partial charge >= 0.3 is 0 Å². The molecule has 9 heteroatoms. The normalized spacial score (nSPS) is 16.0. The third kappa shape index (κ3) is 4.83. The van der Waals surface area contributed by atoms with Crippen molar-refractivity contribution >= 4 is 11.8 Å². The molecule has 0 N–H and O–H groups in total. The molecule has 2 amide bonds. The van der Waals surface area contributed by atoms with E-state index in [9.17, 15) is 14.0 Å². The summed E-state index contributed by atoms with van der Waals surface area (Å²) in [7, 11) is 1.82. The maximum atomic E-state index is 13.4. The van der Waals surface area contributed by atoms with Gasteiger partial charge in [0.05, 0.1) is 0 Å². The van der Waals surface area contributed by atoms with E-state index in [0.29, 0.717) is 38.2 Å². The average molecular weight is 417 g/mol. The van der Waals surface area contributed by atoms with Crippen LogP contribution in [0.3, 0.4) is 0 Å². The van der Waals surface area contributed by atoms with E-state index in [1.165, 1.54) is 16.8 Å². The van der Waals surface area contributed by atoms with Crippen LogP contribution in [0, 0.1) is 18.7 Å². The zero-order valence-corrected chi connectivity index (χ0v) is 18.0. The number of tetrazole rings is 1. The van der Waals surface area contributed by atoms with E-state index in [1.807, 2.05) is 20.9 Å². The van der Waals surface area contributed by atoms with E-state index < -0.39 is 6.04 Å². The third-order valence-corrected chi connectivity index (χ3v) is 5.86. The summed E-state index contributed by atoms with van der Waals surface area (Å²) in [6.07, 6.45) is 1.64. The topological polar surface area (TPSA) is 84.2 Å². The zero-order valence-electron chi connectivity index (χ0n) is 18.0. The van der Waals surface area contributed by atoms with E-state index >= 15 is 0 Å². The summed E-state index contributed by atoms with van der Waals surface area (Å²) in [5.74, 6) is 0.207. The van der Waals surface area contributed by atoms with E-state index in [4.69, 9.17) is 0 Å². The van der Waals surface area contributed by atoms with Crippen LogP contribution in [-0.4, -0.2) is 68.0 Å². The number of rotatable bonds is 6. The van der Waals surface area contributed by atoms with Crippen molar-refractivity contribution in [2.45, 2.75) is 52.1 Å². The Morgan fingerprint density at radius 1 is 1.20 bits per heavy atom. The molecule has 1 unspecified atom stereocenters. The molecule has 1 fully saturated rings. The Labute approximate surface area is 176 Å². The highest BCUT2D eigenvalue weighted by molar-refractivity contribution is 5.82. The van der Waals surface area contributed by atoms with Crippen LogP contribution < -0.4 is 0 Å². The maximum absolute atomic E-state index is 13.4. The lowest BCUT2D eigenvalue weighted by Gasteiger charge is -2.35. The maximum Gasteiger partial charge on any atom is 0.247 e. The van der Waals surface area contributed by atoms with Crippen molar-refractivity contribution in [3.05, 3.63) is 41.5 Å². The smallest absolute Gasteiger partial charge is 0.247 e. The first-order valence-electron chi connectivity index (χ1n) is 10.3. The number of nitrogens with zero attached hydrogens (tertiary/aromatic N) is 6. The highest BCUT2D eigenvalue weighted by Gasteiger charge is 2.34.